The minimum absolute atomic E-state index is 0.00720. The highest BCUT2D eigenvalue weighted by Gasteiger charge is 2.20. The summed E-state index contributed by atoms with van der Waals surface area (Å²) in [4.78, 5) is 19.6. The predicted octanol–water partition coefficient (Wildman–Crippen LogP) is 1.90. The predicted molar refractivity (Wildman–Crippen MR) is 88.4 cm³/mol. The van der Waals surface area contributed by atoms with Crippen LogP contribution in [0.4, 0.5) is 5.13 Å². The van der Waals surface area contributed by atoms with Gasteiger partial charge >= 0.3 is 0 Å². The fraction of sp³-hybridized carbons (Fsp3) is 0.214. The van der Waals surface area contributed by atoms with Crippen LogP contribution in [0.25, 0.3) is 11.0 Å². The summed E-state index contributed by atoms with van der Waals surface area (Å²) in [7, 11) is -3.47. The van der Waals surface area contributed by atoms with Crippen molar-refractivity contribution in [1.29, 1.82) is 0 Å². The number of imidazole rings is 1. The van der Waals surface area contributed by atoms with Crippen LogP contribution in [0, 0.1) is 0 Å². The third kappa shape index (κ3) is 3.25. The van der Waals surface area contributed by atoms with Gasteiger partial charge in [0, 0.05) is 18.6 Å². The van der Waals surface area contributed by atoms with Crippen molar-refractivity contribution in [2.75, 3.05) is 11.6 Å². The van der Waals surface area contributed by atoms with Gasteiger partial charge in [0.1, 0.15) is 0 Å². The van der Waals surface area contributed by atoms with Crippen LogP contribution in [0.1, 0.15) is 12.6 Å². The number of carbonyl (C=O) groups excluding carboxylic acids is 1. The van der Waals surface area contributed by atoms with Crippen LogP contribution in [0.15, 0.2) is 34.8 Å². The van der Waals surface area contributed by atoms with Gasteiger partial charge in [0.05, 0.1) is 23.3 Å². The van der Waals surface area contributed by atoms with E-state index in [0.717, 1.165) is 11.8 Å². The number of rotatable bonds is 4. The lowest BCUT2D eigenvalue weighted by molar-refractivity contribution is -0.114. The van der Waals surface area contributed by atoms with E-state index in [9.17, 15) is 13.2 Å². The zero-order valence-electron chi connectivity index (χ0n) is 12.5. The number of thiazole rings is 1. The van der Waals surface area contributed by atoms with Crippen molar-refractivity contribution in [1.82, 2.24) is 14.5 Å². The van der Waals surface area contributed by atoms with Gasteiger partial charge in [-0.05, 0) is 12.1 Å². The highest BCUT2D eigenvalue weighted by molar-refractivity contribution is 7.90. The molecule has 3 aromatic rings. The lowest BCUT2D eigenvalue weighted by atomic mass is 10.3. The maximum atomic E-state index is 12.0. The van der Waals surface area contributed by atoms with Gasteiger partial charge in [-0.1, -0.05) is 12.1 Å². The number of nitrogens with one attached hydrogen (secondary N) is 1. The first kappa shape index (κ1) is 15.6. The van der Waals surface area contributed by atoms with Crippen LogP contribution < -0.4 is 5.32 Å². The molecule has 3 rings (SSSR count). The number of aromatic nitrogens is 3. The summed E-state index contributed by atoms with van der Waals surface area (Å²) in [6.45, 7) is 1.67. The van der Waals surface area contributed by atoms with Crippen molar-refractivity contribution in [3.8, 4) is 0 Å². The average Bonchev–Trinajstić information content (AvgIpc) is 3.03. The molecule has 0 radical (unpaired) electrons. The summed E-state index contributed by atoms with van der Waals surface area (Å²) in [5, 5.41) is 4.89. The number of nitrogens with zero attached hydrogens (tertiary/aromatic N) is 3. The highest BCUT2D eigenvalue weighted by Crippen LogP contribution is 2.23. The minimum atomic E-state index is -3.47. The second kappa shape index (κ2) is 5.74. The summed E-state index contributed by atoms with van der Waals surface area (Å²) >= 11 is 1.29. The first-order valence-electron chi connectivity index (χ1n) is 6.72. The molecule has 0 saturated heterocycles. The second-order valence-corrected chi connectivity index (χ2v) is 7.83. The van der Waals surface area contributed by atoms with Gasteiger partial charge in [-0.2, -0.15) is 0 Å². The molecular weight excluding hydrogens is 336 g/mol. The summed E-state index contributed by atoms with van der Waals surface area (Å²) in [6, 6.07) is 7.22. The monoisotopic (exact) mass is 350 g/mol. The highest BCUT2D eigenvalue weighted by atomic mass is 32.2. The molecule has 0 aliphatic heterocycles. The van der Waals surface area contributed by atoms with E-state index in [0.29, 0.717) is 16.3 Å². The molecule has 0 aliphatic rings. The van der Waals surface area contributed by atoms with E-state index in [1.807, 2.05) is 18.2 Å². The van der Waals surface area contributed by atoms with Gasteiger partial charge in [0.15, 0.2) is 5.13 Å². The molecular formula is C14H14N4O3S2. The zero-order chi connectivity index (χ0) is 16.6. The molecule has 0 spiro atoms. The smallest absolute Gasteiger partial charge is 0.228 e. The lowest BCUT2D eigenvalue weighted by Crippen LogP contribution is -2.11. The van der Waals surface area contributed by atoms with Gasteiger partial charge in [0.25, 0.3) is 0 Å². The fourth-order valence-electron chi connectivity index (χ4n) is 2.24. The molecule has 2 aromatic heterocycles. The van der Waals surface area contributed by atoms with Crippen LogP contribution >= 0.6 is 11.3 Å². The Morgan fingerprint density at radius 2 is 2.04 bits per heavy atom. The second-order valence-electron chi connectivity index (χ2n) is 5.07. The van der Waals surface area contributed by atoms with Crippen molar-refractivity contribution in [2.45, 2.75) is 18.6 Å². The minimum Gasteiger partial charge on any atom is -0.309 e. The summed E-state index contributed by atoms with van der Waals surface area (Å²) in [6.07, 6.45) is 1.13. The van der Waals surface area contributed by atoms with E-state index in [1.165, 1.54) is 18.3 Å². The van der Waals surface area contributed by atoms with Gasteiger partial charge < -0.3 is 9.88 Å². The Kier molecular flexibility index (Phi) is 3.90. The molecule has 9 heteroatoms. The van der Waals surface area contributed by atoms with Crippen molar-refractivity contribution >= 4 is 43.2 Å². The van der Waals surface area contributed by atoms with Crippen molar-refractivity contribution in [3.63, 3.8) is 0 Å². The van der Waals surface area contributed by atoms with Crippen molar-refractivity contribution < 1.29 is 13.2 Å². The maximum absolute atomic E-state index is 12.0. The molecule has 120 valence electrons. The van der Waals surface area contributed by atoms with E-state index >= 15 is 0 Å². The number of fused-ring (bicyclic) bond motifs is 1. The largest absolute Gasteiger partial charge is 0.309 e. The lowest BCUT2D eigenvalue weighted by Gasteiger charge is -2.05. The number of amides is 1. The van der Waals surface area contributed by atoms with Crippen LogP contribution in [-0.4, -0.2) is 35.1 Å². The molecule has 0 bridgehead atoms. The summed E-state index contributed by atoms with van der Waals surface area (Å²) in [5.41, 5.74) is 2.00. The van der Waals surface area contributed by atoms with Crippen LogP contribution in [0.5, 0.6) is 0 Å². The Labute approximate surface area is 136 Å². The molecule has 1 aromatic carbocycles. The van der Waals surface area contributed by atoms with Crippen molar-refractivity contribution in [2.24, 2.45) is 0 Å². The van der Waals surface area contributed by atoms with E-state index in [1.54, 1.807) is 16.0 Å². The fourth-order valence-corrected chi connectivity index (χ4v) is 3.81. The quantitative estimate of drug-likeness (QED) is 0.775. The first-order chi connectivity index (χ1) is 10.8. The molecule has 2 heterocycles. The topological polar surface area (TPSA) is 94.0 Å². The molecule has 1 N–H and O–H groups in total. The number of hydrogen-bond acceptors (Lipinski definition) is 6. The average molecular weight is 350 g/mol. The van der Waals surface area contributed by atoms with Crippen LogP contribution in [0.3, 0.4) is 0 Å². The van der Waals surface area contributed by atoms with E-state index in [4.69, 9.17) is 0 Å². The molecule has 0 atom stereocenters. The number of hydrogen-bond donors (Lipinski definition) is 1. The molecule has 0 unspecified atom stereocenters. The molecule has 0 aliphatic carbocycles. The third-order valence-electron chi connectivity index (χ3n) is 3.11. The Morgan fingerprint density at radius 1 is 1.30 bits per heavy atom. The van der Waals surface area contributed by atoms with E-state index < -0.39 is 9.84 Å². The Bertz CT molecular complexity index is 989. The van der Waals surface area contributed by atoms with Crippen LogP contribution in [0.2, 0.25) is 0 Å². The molecule has 0 saturated carbocycles. The maximum Gasteiger partial charge on any atom is 0.228 e. The Hall–Kier alpha value is -2.26. The number of para-hydroxylation sites is 2. The van der Waals surface area contributed by atoms with Gasteiger partial charge in [0.2, 0.25) is 20.9 Å². The van der Waals surface area contributed by atoms with Crippen molar-refractivity contribution in [3.05, 3.63) is 35.3 Å². The normalized spacial score (nSPS) is 11.7. The molecule has 0 fully saturated rings. The molecule has 7 nitrogen and oxygen atoms in total. The SMILES string of the molecule is CC(=O)Nc1nc(Cn2c(S(C)(=O)=O)nc3ccccc32)cs1. The number of carbonyl (C=O) groups is 1. The standard InChI is InChI=1S/C14H14N4O3S2/c1-9(19)15-13-16-10(8-22-13)7-18-12-6-4-3-5-11(12)17-14(18)23(2,20)21/h3-6,8H,7H2,1-2H3,(H,15,16,19). The van der Waals surface area contributed by atoms with E-state index in [-0.39, 0.29) is 17.6 Å². The molecule has 23 heavy (non-hydrogen) atoms. The Balaban J connectivity index is 2.05. The van der Waals surface area contributed by atoms with Gasteiger partial charge in [-0.15, -0.1) is 11.3 Å². The number of anilines is 1. The van der Waals surface area contributed by atoms with Crippen LogP contribution in [-0.2, 0) is 21.2 Å². The van der Waals surface area contributed by atoms with Gasteiger partial charge in [-0.25, -0.2) is 18.4 Å². The summed E-state index contributed by atoms with van der Waals surface area (Å²) < 4.78 is 25.6. The number of benzene rings is 1. The van der Waals surface area contributed by atoms with Gasteiger partial charge in [-0.3, -0.25) is 4.79 Å². The Morgan fingerprint density at radius 3 is 2.74 bits per heavy atom. The molecule has 1 amide bonds. The zero-order valence-corrected chi connectivity index (χ0v) is 14.1. The third-order valence-corrected chi connectivity index (χ3v) is 4.89. The first-order valence-corrected chi connectivity index (χ1v) is 9.49. The summed E-state index contributed by atoms with van der Waals surface area (Å²) in [5.74, 6) is -0.198. The number of sulfone groups is 1. The van der Waals surface area contributed by atoms with E-state index in [2.05, 4.69) is 15.3 Å².